The topological polar surface area (TPSA) is 38.8 Å². The number of fused-ring (bicyclic) bond motifs is 3. The zero-order valence-electron chi connectivity index (χ0n) is 17.7. The Bertz CT molecular complexity index is 920. The highest BCUT2D eigenvalue weighted by Gasteiger charge is 2.55. The third-order valence-corrected chi connectivity index (χ3v) is 6.78. The normalized spacial score (nSPS) is 24.3. The minimum Gasteiger partial charge on any atom is -0.465 e. The van der Waals surface area contributed by atoms with Crippen LogP contribution >= 0.6 is 0 Å². The summed E-state index contributed by atoms with van der Waals surface area (Å²) in [6, 6.07) is 15.5. The maximum absolute atomic E-state index is 13.2. The second-order valence-corrected chi connectivity index (χ2v) is 9.06. The summed E-state index contributed by atoms with van der Waals surface area (Å²) in [6.07, 6.45) is 3.44. The van der Waals surface area contributed by atoms with Crippen molar-refractivity contribution < 1.29 is 14.3 Å². The van der Waals surface area contributed by atoms with Crippen LogP contribution in [0.2, 0.25) is 0 Å². The molecule has 4 nitrogen and oxygen atoms in total. The lowest BCUT2D eigenvalue weighted by Gasteiger charge is -2.27. The number of nitrogens with zero attached hydrogens (tertiary/aromatic N) is 1. The molecule has 4 heteroatoms. The average molecular weight is 404 g/mol. The Balaban J connectivity index is 1.20. The smallest absolute Gasteiger partial charge is 0.318 e. The minimum absolute atomic E-state index is 0.163. The minimum atomic E-state index is -0.412. The van der Waals surface area contributed by atoms with E-state index in [4.69, 9.17) is 9.47 Å². The first-order valence-electron chi connectivity index (χ1n) is 11.0. The predicted octanol–water partition coefficient (Wildman–Crippen LogP) is 5.00. The number of rotatable bonds is 6. The first-order valence-corrected chi connectivity index (χ1v) is 11.0. The molecule has 0 radical (unpaired) electrons. The molecule has 0 N–H and O–H groups in total. The van der Waals surface area contributed by atoms with Crippen LogP contribution in [0.15, 0.2) is 60.2 Å². The zero-order chi connectivity index (χ0) is 20.7. The molecule has 1 aliphatic carbocycles. The standard InChI is InChI=1S/C26H29NO3/c1-17(2)8-7-13-27-14-20-21(15-27)22(20)16-29-26(28)25-18-9-3-5-11-23(18)30-24-12-6-4-10-19(24)25/h3-6,8-12,20-22,25H,7,13-16H2,1-2H3/t20-,21?,22?/m0/s1. The van der Waals surface area contributed by atoms with Crippen molar-refractivity contribution in [3.8, 4) is 11.5 Å². The number of hydrogen-bond donors (Lipinski definition) is 0. The highest BCUT2D eigenvalue weighted by atomic mass is 16.5. The highest BCUT2D eigenvalue weighted by molar-refractivity contribution is 5.85. The number of piperidine rings is 1. The van der Waals surface area contributed by atoms with Gasteiger partial charge in [0.25, 0.3) is 0 Å². The van der Waals surface area contributed by atoms with E-state index in [0.29, 0.717) is 24.4 Å². The predicted molar refractivity (Wildman–Crippen MR) is 117 cm³/mol. The number of carbonyl (C=O) groups excluding carboxylic acids is 1. The maximum Gasteiger partial charge on any atom is 0.318 e. The molecular formula is C26H29NO3. The largest absolute Gasteiger partial charge is 0.465 e. The van der Waals surface area contributed by atoms with Crippen LogP contribution in [0.3, 0.4) is 0 Å². The molecule has 3 aliphatic rings. The highest BCUT2D eigenvalue weighted by Crippen LogP contribution is 2.52. The van der Waals surface area contributed by atoms with Crippen molar-refractivity contribution in [2.24, 2.45) is 17.8 Å². The summed E-state index contributed by atoms with van der Waals surface area (Å²) >= 11 is 0. The molecule has 0 aromatic heterocycles. The van der Waals surface area contributed by atoms with E-state index in [9.17, 15) is 4.79 Å². The Labute approximate surface area is 178 Å². The fourth-order valence-electron chi connectivity index (χ4n) is 5.13. The van der Waals surface area contributed by atoms with Crippen molar-refractivity contribution in [1.82, 2.24) is 4.90 Å². The van der Waals surface area contributed by atoms with Crippen LogP contribution in [0, 0.1) is 17.8 Å². The SMILES string of the molecule is CC(C)=CCCN1CC2C(COC(=O)C3c4ccccc4Oc4ccccc43)[C@H]2C1. The van der Waals surface area contributed by atoms with Gasteiger partial charge < -0.3 is 14.4 Å². The Morgan fingerprint density at radius 1 is 1.03 bits per heavy atom. The molecule has 2 aromatic carbocycles. The van der Waals surface area contributed by atoms with Gasteiger partial charge in [0.05, 0.1) is 6.61 Å². The van der Waals surface area contributed by atoms with Crippen LogP contribution in [0.1, 0.15) is 37.3 Å². The number of allylic oxidation sites excluding steroid dienone is 1. The quantitative estimate of drug-likeness (QED) is 0.502. The van der Waals surface area contributed by atoms with Crippen molar-refractivity contribution in [1.29, 1.82) is 0 Å². The van der Waals surface area contributed by atoms with Gasteiger partial charge in [-0.2, -0.15) is 0 Å². The average Bonchev–Trinajstić information content (AvgIpc) is 3.20. The van der Waals surface area contributed by atoms with Gasteiger partial charge in [-0.05, 0) is 44.2 Å². The molecule has 0 bridgehead atoms. The summed E-state index contributed by atoms with van der Waals surface area (Å²) in [4.78, 5) is 15.7. The summed E-state index contributed by atoms with van der Waals surface area (Å²) in [5.74, 6) is 2.83. The lowest BCUT2D eigenvalue weighted by Crippen LogP contribution is -2.27. The number of benzene rings is 2. The third kappa shape index (κ3) is 3.65. The molecule has 1 saturated carbocycles. The molecule has 156 valence electrons. The molecule has 2 fully saturated rings. The number of hydrogen-bond acceptors (Lipinski definition) is 4. The molecule has 2 aromatic rings. The van der Waals surface area contributed by atoms with E-state index in [1.54, 1.807) is 0 Å². The molecule has 2 heterocycles. The lowest BCUT2D eigenvalue weighted by atomic mass is 9.88. The van der Waals surface area contributed by atoms with Crippen LogP contribution in [-0.2, 0) is 9.53 Å². The lowest BCUT2D eigenvalue weighted by molar-refractivity contribution is -0.145. The monoisotopic (exact) mass is 403 g/mol. The van der Waals surface area contributed by atoms with Gasteiger partial charge in [0, 0.05) is 36.7 Å². The number of likely N-dealkylation sites (tertiary alicyclic amines) is 1. The summed E-state index contributed by atoms with van der Waals surface area (Å²) in [7, 11) is 0. The fraction of sp³-hybridized carbons (Fsp3) is 0.423. The van der Waals surface area contributed by atoms with Crippen molar-refractivity contribution in [3.63, 3.8) is 0 Å². The molecule has 0 spiro atoms. The first-order chi connectivity index (χ1) is 14.6. The summed E-state index contributed by atoms with van der Waals surface area (Å²) in [5.41, 5.74) is 3.17. The Morgan fingerprint density at radius 3 is 2.23 bits per heavy atom. The first kappa shape index (κ1) is 19.4. The Hall–Kier alpha value is -2.59. The van der Waals surface area contributed by atoms with Crippen LogP contribution < -0.4 is 4.74 Å². The number of carbonyl (C=O) groups is 1. The van der Waals surface area contributed by atoms with E-state index >= 15 is 0 Å². The van der Waals surface area contributed by atoms with E-state index in [1.807, 2.05) is 48.5 Å². The van der Waals surface area contributed by atoms with Crippen molar-refractivity contribution in [2.45, 2.75) is 26.2 Å². The van der Waals surface area contributed by atoms with E-state index < -0.39 is 5.92 Å². The molecule has 1 saturated heterocycles. The maximum atomic E-state index is 13.2. The van der Waals surface area contributed by atoms with E-state index in [1.165, 1.54) is 5.57 Å². The summed E-state index contributed by atoms with van der Waals surface area (Å²) < 4.78 is 11.9. The van der Waals surface area contributed by atoms with Gasteiger partial charge in [0.1, 0.15) is 17.4 Å². The summed E-state index contributed by atoms with van der Waals surface area (Å²) in [6.45, 7) is 8.28. The molecule has 2 aliphatic heterocycles. The van der Waals surface area contributed by atoms with E-state index in [2.05, 4.69) is 24.8 Å². The number of para-hydroxylation sites is 2. The van der Waals surface area contributed by atoms with E-state index in [-0.39, 0.29) is 5.97 Å². The Kier molecular flexibility index (Phi) is 5.11. The van der Waals surface area contributed by atoms with Gasteiger partial charge in [-0.1, -0.05) is 48.0 Å². The van der Waals surface area contributed by atoms with Crippen LogP contribution in [0.4, 0.5) is 0 Å². The Morgan fingerprint density at radius 2 is 1.63 bits per heavy atom. The van der Waals surface area contributed by atoms with Gasteiger partial charge in [0.15, 0.2) is 0 Å². The van der Waals surface area contributed by atoms with Crippen molar-refractivity contribution in [2.75, 3.05) is 26.2 Å². The summed E-state index contributed by atoms with van der Waals surface area (Å²) in [5, 5.41) is 0. The molecule has 30 heavy (non-hydrogen) atoms. The van der Waals surface area contributed by atoms with Gasteiger partial charge in [-0.15, -0.1) is 0 Å². The van der Waals surface area contributed by atoms with Crippen LogP contribution in [0.25, 0.3) is 0 Å². The molecule has 5 rings (SSSR count). The van der Waals surface area contributed by atoms with Gasteiger partial charge >= 0.3 is 5.97 Å². The molecular weight excluding hydrogens is 374 g/mol. The molecule has 3 atom stereocenters. The van der Waals surface area contributed by atoms with Gasteiger partial charge in [-0.25, -0.2) is 0 Å². The van der Waals surface area contributed by atoms with Crippen LogP contribution in [0.5, 0.6) is 11.5 Å². The molecule has 0 amide bonds. The fourth-order valence-corrected chi connectivity index (χ4v) is 5.13. The number of ether oxygens (including phenoxy) is 2. The molecule has 2 unspecified atom stereocenters. The van der Waals surface area contributed by atoms with E-state index in [0.717, 1.165) is 48.7 Å². The second kappa shape index (κ2) is 7.92. The second-order valence-electron chi connectivity index (χ2n) is 9.06. The number of esters is 1. The van der Waals surface area contributed by atoms with Crippen molar-refractivity contribution in [3.05, 3.63) is 71.3 Å². The zero-order valence-corrected chi connectivity index (χ0v) is 17.7. The van der Waals surface area contributed by atoms with Gasteiger partial charge in [-0.3, -0.25) is 4.79 Å². The van der Waals surface area contributed by atoms with Crippen LogP contribution in [-0.4, -0.2) is 37.1 Å². The third-order valence-electron chi connectivity index (χ3n) is 6.78. The van der Waals surface area contributed by atoms with Gasteiger partial charge in [0.2, 0.25) is 0 Å². The van der Waals surface area contributed by atoms with Crippen molar-refractivity contribution >= 4 is 5.97 Å².